The first-order valence-electron chi connectivity index (χ1n) is 8.84. The lowest BCUT2D eigenvalue weighted by molar-refractivity contribution is -0.120. The van der Waals surface area contributed by atoms with Gasteiger partial charge in [0, 0.05) is 23.6 Å². The van der Waals surface area contributed by atoms with E-state index in [1.165, 1.54) is 44.2 Å². The average molecular weight is 304 g/mol. The van der Waals surface area contributed by atoms with E-state index in [0.29, 0.717) is 24.2 Å². The summed E-state index contributed by atoms with van der Waals surface area (Å²) in [5.41, 5.74) is 6.95. The molecule has 3 rings (SSSR count). The van der Waals surface area contributed by atoms with E-state index >= 15 is 0 Å². The van der Waals surface area contributed by atoms with Crippen LogP contribution in [0.25, 0.3) is 0 Å². The monoisotopic (exact) mass is 304 g/mol. The van der Waals surface area contributed by atoms with Crippen LogP contribution in [0.2, 0.25) is 0 Å². The Hall–Kier alpha value is -1.36. The van der Waals surface area contributed by atoms with Crippen LogP contribution >= 0.6 is 0 Å². The number of hydrogen-bond donors (Lipinski definition) is 3. The number of carbonyl (C=O) groups excluding carboxylic acids is 1. The van der Waals surface area contributed by atoms with Crippen molar-refractivity contribution in [2.45, 2.75) is 63.7 Å². The average Bonchev–Trinajstić information content (AvgIpc) is 3.10. The minimum absolute atomic E-state index is 0.0584. The van der Waals surface area contributed by atoms with Gasteiger partial charge in [0.2, 0.25) is 5.91 Å². The molecule has 0 aliphatic heterocycles. The molecule has 0 radical (unpaired) electrons. The number of aromatic nitrogens is 2. The van der Waals surface area contributed by atoms with Gasteiger partial charge >= 0.3 is 0 Å². The first-order chi connectivity index (χ1) is 10.8. The van der Waals surface area contributed by atoms with E-state index in [1.54, 1.807) is 0 Å². The van der Waals surface area contributed by atoms with Crippen molar-refractivity contribution in [3.63, 3.8) is 0 Å². The molecule has 1 aromatic heterocycles. The van der Waals surface area contributed by atoms with Crippen molar-refractivity contribution in [1.29, 1.82) is 0 Å². The molecule has 22 heavy (non-hydrogen) atoms. The van der Waals surface area contributed by atoms with Crippen molar-refractivity contribution in [1.82, 2.24) is 10.2 Å². The van der Waals surface area contributed by atoms with Crippen LogP contribution in [0.4, 0.5) is 5.82 Å². The van der Waals surface area contributed by atoms with Crippen LogP contribution in [-0.4, -0.2) is 22.6 Å². The van der Waals surface area contributed by atoms with Crippen molar-refractivity contribution in [2.24, 2.45) is 17.6 Å². The van der Waals surface area contributed by atoms with Crippen LogP contribution in [0.15, 0.2) is 6.07 Å². The standard InChI is InChI=1S/C17H28N4O/c18-11-13-8-5-9-14(13)17(22)19-16-10-15(20-21-16)12-6-3-1-2-4-7-12/h10,12-14H,1-9,11,18H2,(H2,19,20,21,22)/t13-,14-/m1/s1. The van der Waals surface area contributed by atoms with Crippen molar-refractivity contribution in [2.75, 3.05) is 11.9 Å². The van der Waals surface area contributed by atoms with Crippen molar-refractivity contribution in [3.05, 3.63) is 11.8 Å². The summed E-state index contributed by atoms with van der Waals surface area (Å²) in [7, 11) is 0. The second kappa shape index (κ2) is 7.27. The van der Waals surface area contributed by atoms with E-state index in [2.05, 4.69) is 15.5 Å². The van der Waals surface area contributed by atoms with E-state index < -0.39 is 0 Å². The number of H-pyrrole nitrogens is 1. The number of hydrogen-bond acceptors (Lipinski definition) is 3. The SMILES string of the molecule is NC[C@H]1CCC[C@H]1C(=O)Nc1cc(C2CCCCCC2)[nH]n1. The smallest absolute Gasteiger partial charge is 0.229 e. The zero-order chi connectivity index (χ0) is 15.4. The van der Waals surface area contributed by atoms with Gasteiger partial charge in [0.25, 0.3) is 0 Å². The van der Waals surface area contributed by atoms with Crippen LogP contribution in [-0.2, 0) is 4.79 Å². The van der Waals surface area contributed by atoms with Gasteiger partial charge in [-0.2, -0.15) is 5.10 Å². The third-order valence-electron chi connectivity index (χ3n) is 5.44. The summed E-state index contributed by atoms with van der Waals surface area (Å²) in [6, 6.07) is 2.03. The van der Waals surface area contributed by atoms with Gasteiger partial charge in [-0.05, 0) is 38.1 Å². The second-order valence-corrected chi connectivity index (χ2v) is 6.92. The van der Waals surface area contributed by atoms with E-state index in [-0.39, 0.29) is 11.8 Å². The van der Waals surface area contributed by atoms with Gasteiger partial charge in [-0.25, -0.2) is 0 Å². The third-order valence-corrected chi connectivity index (χ3v) is 5.44. The van der Waals surface area contributed by atoms with Crippen LogP contribution in [0, 0.1) is 11.8 Å². The van der Waals surface area contributed by atoms with Gasteiger partial charge in [0.1, 0.15) is 0 Å². The Morgan fingerprint density at radius 3 is 2.68 bits per heavy atom. The molecule has 122 valence electrons. The zero-order valence-electron chi connectivity index (χ0n) is 13.3. The topological polar surface area (TPSA) is 83.8 Å². The van der Waals surface area contributed by atoms with Crippen molar-refractivity contribution < 1.29 is 4.79 Å². The number of nitrogens with two attached hydrogens (primary N) is 1. The summed E-state index contributed by atoms with van der Waals surface area (Å²) >= 11 is 0. The number of rotatable bonds is 4. The Kier molecular flexibility index (Phi) is 5.13. The first kappa shape index (κ1) is 15.5. The highest BCUT2D eigenvalue weighted by atomic mass is 16.2. The van der Waals surface area contributed by atoms with E-state index in [9.17, 15) is 4.79 Å². The molecule has 4 N–H and O–H groups in total. The number of nitrogens with one attached hydrogen (secondary N) is 2. The molecule has 5 heteroatoms. The summed E-state index contributed by atoms with van der Waals surface area (Å²) < 4.78 is 0. The lowest BCUT2D eigenvalue weighted by Crippen LogP contribution is -2.29. The lowest BCUT2D eigenvalue weighted by atomic mass is 9.95. The Balaban J connectivity index is 1.60. The molecule has 1 aromatic rings. The Labute approximate surface area is 132 Å². The van der Waals surface area contributed by atoms with Crippen LogP contribution < -0.4 is 11.1 Å². The Morgan fingerprint density at radius 1 is 1.18 bits per heavy atom. The number of carbonyl (C=O) groups is 1. The van der Waals surface area contributed by atoms with Crippen molar-refractivity contribution in [3.8, 4) is 0 Å². The summed E-state index contributed by atoms with van der Waals surface area (Å²) in [4.78, 5) is 12.4. The molecule has 2 aliphatic carbocycles. The highest BCUT2D eigenvalue weighted by Gasteiger charge is 2.32. The van der Waals surface area contributed by atoms with Gasteiger partial charge < -0.3 is 11.1 Å². The van der Waals surface area contributed by atoms with E-state index in [4.69, 9.17) is 5.73 Å². The van der Waals surface area contributed by atoms with Gasteiger partial charge in [-0.1, -0.05) is 32.1 Å². The molecule has 2 atom stereocenters. The van der Waals surface area contributed by atoms with E-state index in [0.717, 1.165) is 19.3 Å². The number of anilines is 1. The molecular formula is C17H28N4O. The summed E-state index contributed by atoms with van der Waals surface area (Å²) in [5.74, 6) is 1.73. The number of aromatic amines is 1. The summed E-state index contributed by atoms with van der Waals surface area (Å²) in [6.07, 6.45) is 10.9. The maximum atomic E-state index is 12.4. The predicted octanol–water partition coefficient (Wildman–Crippen LogP) is 3.16. The normalized spacial score (nSPS) is 26.8. The molecule has 0 saturated heterocycles. The van der Waals surface area contributed by atoms with Crippen molar-refractivity contribution >= 4 is 11.7 Å². The van der Waals surface area contributed by atoms with Crippen LogP contribution in [0.5, 0.6) is 0 Å². The molecule has 2 aliphatic rings. The largest absolute Gasteiger partial charge is 0.330 e. The van der Waals surface area contributed by atoms with Gasteiger partial charge in [-0.3, -0.25) is 9.89 Å². The number of amides is 1. The fourth-order valence-electron chi connectivity index (χ4n) is 4.08. The minimum Gasteiger partial charge on any atom is -0.330 e. The quantitative estimate of drug-likeness (QED) is 0.747. The third kappa shape index (κ3) is 3.51. The Bertz CT molecular complexity index is 491. The predicted molar refractivity (Wildman–Crippen MR) is 87.5 cm³/mol. The molecule has 5 nitrogen and oxygen atoms in total. The van der Waals surface area contributed by atoms with Crippen LogP contribution in [0.3, 0.4) is 0 Å². The fourth-order valence-corrected chi connectivity index (χ4v) is 4.08. The van der Waals surface area contributed by atoms with Crippen LogP contribution in [0.1, 0.15) is 69.4 Å². The van der Waals surface area contributed by atoms with Gasteiger partial charge in [0.15, 0.2) is 5.82 Å². The molecule has 2 saturated carbocycles. The molecule has 1 amide bonds. The number of nitrogens with zero attached hydrogens (tertiary/aromatic N) is 1. The van der Waals surface area contributed by atoms with E-state index in [1.807, 2.05) is 6.07 Å². The highest BCUT2D eigenvalue weighted by Crippen LogP contribution is 2.33. The Morgan fingerprint density at radius 2 is 1.95 bits per heavy atom. The molecule has 1 heterocycles. The first-order valence-corrected chi connectivity index (χ1v) is 8.84. The molecule has 2 fully saturated rings. The summed E-state index contributed by atoms with van der Waals surface area (Å²) in [6.45, 7) is 0.603. The fraction of sp³-hybridized carbons (Fsp3) is 0.765. The lowest BCUT2D eigenvalue weighted by Gasteiger charge is -2.16. The highest BCUT2D eigenvalue weighted by molar-refractivity contribution is 5.92. The zero-order valence-corrected chi connectivity index (χ0v) is 13.3. The molecular weight excluding hydrogens is 276 g/mol. The summed E-state index contributed by atoms with van der Waals surface area (Å²) in [5, 5.41) is 10.4. The molecule has 0 unspecified atom stereocenters. The molecule has 0 bridgehead atoms. The maximum absolute atomic E-state index is 12.4. The second-order valence-electron chi connectivity index (χ2n) is 6.92. The molecule has 0 aromatic carbocycles. The van der Waals surface area contributed by atoms with Gasteiger partial charge in [0.05, 0.1) is 0 Å². The maximum Gasteiger partial charge on any atom is 0.229 e. The van der Waals surface area contributed by atoms with Gasteiger partial charge in [-0.15, -0.1) is 0 Å². The molecule has 0 spiro atoms. The minimum atomic E-state index is 0.0584.